The summed E-state index contributed by atoms with van der Waals surface area (Å²) in [5.41, 5.74) is 4.40. The SMILES string of the molecule is COc1cc(OCC(=O)NC(C)c2cc(C)c(C)cc2C)ccc1[N+](=O)[O-]. The number of aryl methyl sites for hydroxylation is 3. The Hall–Kier alpha value is -3.09. The third-order valence-electron chi connectivity index (χ3n) is 4.44. The number of methoxy groups -OCH3 is 1. The van der Waals surface area contributed by atoms with Crippen molar-refractivity contribution in [1.29, 1.82) is 0 Å². The summed E-state index contributed by atoms with van der Waals surface area (Å²) in [5.74, 6) is 0.122. The summed E-state index contributed by atoms with van der Waals surface area (Å²) in [6, 6.07) is 8.14. The van der Waals surface area contributed by atoms with Crippen LogP contribution in [0.15, 0.2) is 30.3 Å². The van der Waals surface area contributed by atoms with Crippen LogP contribution in [0.3, 0.4) is 0 Å². The lowest BCUT2D eigenvalue weighted by molar-refractivity contribution is -0.385. The van der Waals surface area contributed by atoms with Gasteiger partial charge in [-0.3, -0.25) is 14.9 Å². The van der Waals surface area contributed by atoms with Gasteiger partial charge in [0.05, 0.1) is 18.1 Å². The second-order valence-electron chi connectivity index (χ2n) is 6.46. The fourth-order valence-electron chi connectivity index (χ4n) is 2.86. The van der Waals surface area contributed by atoms with Gasteiger partial charge in [-0.2, -0.15) is 0 Å². The van der Waals surface area contributed by atoms with Gasteiger partial charge in [-0.25, -0.2) is 0 Å². The maximum absolute atomic E-state index is 12.2. The third-order valence-corrected chi connectivity index (χ3v) is 4.44. The molecule has 0 radical (unpaired) electrons. The monoisotopic (exact) mass is 372 g/mol. The number of nitro groups is 1. The molecule has 0 heterocycles. The van der Waals surface area contributed by atoms with Crippen LogP contribution in [0.5, 0.6) is 11.5 Å². The van der Waals surface area contributed by atoms with Crippen LogP contribution in [0.1, 0.15) is 35.2 Å². The second kappa shape index (κ2) is 8.53. The average molecular weight is 372 g/mol. The molecule has 2 aromatic rings. The van der Waals surface area contributed by atoms with E-state index in [1.807, 2.05) is 20.8 Å². The highest BCUT2D eigenvalue weighted by Gasteiger charge is 2.17. The molecular formula is C20H24N2O5. The number of ether oxygens (including phenoxy) is 2. The van der Waals surface area contributed by atoms with Crippen LogP contribution >= 0.6 is 0 Å². The molecule has 0 spiro atoms. The van der Waals surface area contributed by atoms with Crippen LogP contribution in [0.4, 0.5) is 5.69 Å². The molecule has 0 fully saturated rings. The number of amides is 1. The number of rotatable bonds is 7. The molecule has 0 aromatic heterocycles. The molecule has 1 N–H and O–H groups in total. The van der Waals surface area contributed by atoms with Crippen molar-refractivity contribution in [3.63, 3.8) is 0 Å². The highest BCUT2D eigenvalue weighted by molar-refractivity contribution is 5.78. The fourth-order valence-corrected chi connectivity index (χ4v) is 2.86. The fraction of sp³-hybridized carbons (Fsp3) is 0.350. The van der Waals surface area contributed by atoms with Crippen LogP contribution in [0.25, 0.3) is 0 Å². The first-order valence-corrected chi connectivity index (χ1v) is 8.55. The van der Waals surface area contributed by atoms with Crippen molar-refractivity contribution in [2.24, 2.45) is 0 Å². The molecule has 0 saturated heterocycles. The van der Waals surface area contributed by atoms with Crippen molar-refractivity contribution in [2.75, 3.05) is 13.7 Å². The highest BCUT2D eigenvalue weighted by atomic mass is 16.6. The number of nitro benzene ring substituents is 1. The number of nitrogens with zero attached hydrogens (tertiary/aromatic N) is 1. The highest BCUT2D eigenvalue weighted by Crippen LogP contribution is 2.30. The quantitative estimate of drug-likeness (QED) is 0.590. The topological polar surface area (TPSA) is 90.7 Å². The second-order valence-corrected chi connectivity index (χ2v) is 6.46. The van der Waals surface area contributed by atoms with Gasteiger partial charge in [0.15, 0.2) is 6.61 Å². The zero-order valence-electron chi connectivity index (χ0n) is 16.2. The van der Waals surface area contributed by atoms with E-state index in [0.717, 1.165) is 11.1 Å². The number of nitrogens with one attached hydrogen (secondary N) is 1. The lowest BCUT2D eigenvalue weighted by Gasteiger charge is -2.18. The Bertz CT molecular complexity index is 864. The maximum Gasteiger partial charge on any atom is 0.311 e. The summed E-state index contributed by atoms with van der Waals surface area (Å²) in [6.07, 6.45) is 0. The van der Waals surface area contributed by atoms with Crippen LogP contribution in [-0.2, 0) is 4.79 Å². The van der Waals surface area contributed by atoms with Crippen LogP contribution in [0, 0.1) is 30.9 Å². The predicted octanol–water partition coefficient (Wildman–Crippen LogP) is 3.78. The van der Waals surface area contributed by atoms with Gasteiger partial charge in [0, 0.05) is 12.1 Å². The molecule has 0 aliphatic heterocycles. The van der Waals surface area contributed by atoms with E-state index in [0.29, 0.717) is 5.75 Å². The molecule has 0 aliphatic rings. The van der Waals surface area contributed by atoms with E-state index in [-0.39, 0.29) is 30.0 Å². The molecule has 7 heteroatoms. The lowest BCUT2D eigenvalue weighted by Crippen LogP contribution is -2.31. The smallest absolute Gasteiger partial charge is 0.311 e. The van der Waals surface area contributed by atoms with Gasteiger partial charge in [-0.05, 0) is 56.0 Å². The van der Waals surface area contributed by atoms with Gasteiger partial charge < -0.3 is 14.8 Å². The minimum absolute atomic E-state index is 0.0806. The standard InChI is InChI=1S/C20H24N2O5/c1-12-8-14(3)17(9-13(12)2)15(4)21-20(23)11-27-16-6-7-18(22(24)25)19(10-16)26-5/h6-10,15H,11H2,1-5H3,(H,21,23). The molecule has 2 rings (SSSR count). The molecule has 0 aliphatic carbocycles. The number of carbonyl (C=O) groups excluding carboxylic acids is 1. The third kappa shape index (κ3) is 4.97. The normalized spacial score (nSPS) is 11.6. The van der Waals surface area contributed by atoms with Crippen molar-refractivity contribution < 1.29 is 19.2 Å². The van der Waals surface area contributed by atoms with Crippen molar-refractivity contribution in [1.82, 2.24) is 5.32 Å². The van der Waals surface area contributed by atoms with E-state index in [1.54, 1.807) is 0 Å². The largest absolute Gasteiger partial charge is 0.490 e. The predicted molar refractivity (Wildman–Crippen MR) is 102 cm³/mol. The molecule has 0 saturated carbocycles. The summed E-state index contributed by atoms with van der Waals surface area (Å²) in [4.78, 5) is 22.6. The Labute approximate surface area is 158 Å². The van der Waals surface area contributed by atoms with Gasteiger partial charge in [0.2, 0.25) is 5.75 Å². The zero-order valence-corrected chi connectivity index (χ0v) is 16.2. The van der Waals surface area contributed by atoms with E-state index in [9.17, 15) is 14.9 Å². The van der Waals surface area contributed by atoms with E-state index in [4.69, 9.17) is 9.47 Å². The number of hydrogen-bond donors (Lipinski definition) is 1. The van der Waals surface area contributed by atoms with E-state index in [1.165, 1.54) is 36.4 Å². The van der Waals surface area contributed by atoms with Crippen molar-refractivity contribution in [3.05, 3.63) is 62.7 Å². The average Bonchev–Trinajstić information content (AvgIpc) is 2.62. The first-order valence-electron chi connectivity index (χ1n) is 8.55. The maximum atomic E-state index is 12.2. The first kappa shape index (κ1) is 20.2. The summed E-state index contributed by atoms with van der Waals surface area (Å²) in [7, 11) is 1.34. The lowest BCUT2D eigenvalue weighted by atomic mass is 9.96. The van der Waals surface area contributed by atoms with Gasteiger partial charge in [-0.15, -0.1) is 0 Å². The van der Waals surface area contributed by atoms with E-state index < -0.39 is 4.92 Å². The molecule has 0 bridgehead atoms. The van der Waals surface area contributed by atoms with Gasteiger partial charge in [0.1, 0.15) is 5.75 Å². The van der Waals surface area contributed by atoms with Crippen LogP contribution < -0.4 is 14.8 Å². The van der Waals surface area contributed by atoms with Gasteiger partial charge >= 0.3 is 5.69 Å². The Balaban J connectivity index is 2.00. The van der Waals surface area contributed by atoms with E-state index >= 15 is 0 Å². The molecule has 27 heavy (non-hydrogen) atoms. The molecule has 144 valence electrons. The number of hydrogen-bond acceptors (Lipinski definition) is 5. The molecule has 7 nitrogen and oxygen atoms in total. The number of benzene rings is 2. The van der Waals surface area contributed by atoms with Crippen molar-refractivity contribution in [2.45, 2.75) is 33.7 Å². The molecular weight excluding hydrogens is 348 g/mol. The summed E-state index contributed by atoms with van der Waals surface area (Å²) < 4.78 is 10.4. The summed E-state index contributed by atoms with van der Waals surface area (Å²) in [5, 5.41) is 13.8. The minimum Gasteiger partial charge on any atom is -0.490 e. The van der Waals surface area contributed by atoms with Crippen LogP contribution in [-0.4, -0.2) is 24.5 Å². The van der Waals surface area contributed by atoms with Crippen molar-refractivity contribution >= 4 is 11.6 Å². The Kier molecular flexibility index (Phi) is 6.39. The zero-order chi connectivity index (χ0) is 20.1. The molecule has 1 atom stereocenters. The van der Waals surface area contributed by atoms with Gasteiger partial charge in [-0.1, -0.05) is 12.1 Å². The van der Waals surface area contributed by atoms with E-state index in [2.05, 4.69) is 24.4 Å². The van der Waals surface area contributed by atoms with Crippen molar-refractivity contribution in [3.8, 4) is 11.5 Å². The molecule has 1 unspecified atom stereocenters. The Morgan fingerprint density at radius 1 is 1.15 bits per heavy atom. The summed E-state index contributed by atoms with van der Waals surface area (Å²) >= 11 is 0. The van der Waals surface area contributed by atoms with Gasteiger partial charge in [0.25, 0.3) is 5.91 Å². The van der Waals surface area contributed by atoms with Crippen LogP contribution in [0.2, 0.25) is 0 Å². The summed E-state index contributed by atoms with van der Waals surface area (Å²) in [6.45, 7) is 7.84. The molecule has 1 amide bonds. The Morgan fingerprint density at radius 2 is 1.81 bits per heavy atom. The minimum atomic E-state index is -0.539. The number of carbonyl (C=O) groups is 1. The molecule has 2 aromatic carbocycles. The Morgan fingerprint density at radius 3 is 2.44 bits per heavy atom. The first-order chi connectivity index (χ1) is 12.7.